The van der Waals surface area contributed by atoms with E-state index in [4.69, 9.17) is 4.98 Å². The van der Waals surface area contributed by atoms with Gasteiger partial charge in [-0.15, -0.1) is 0 Å². The van der Waals surface area contributed by atoms with Crippen LogP contribution < -0.4 is 4.90 Å². The molecule has 0 unspecified atom stereocenters. The van der Waals surface area contributed by atoms with Gasteiger partial charge in [-0.3, -0.25) is 4.79 Å². The van der Waals surface area contributed by atoms with Crippen LogP contribution in [0.4, 0.5) is 5.69 Å². The maximum atomic E-state index is 13.2. The number of aryl methyl sites for hydroxylation is 1. The Labute approximate surface area is 141 Å². The highest BCUT2D eigenvalue weighted by Gasteiger charge is 2.30. The predicted molar refractivity (Wildman–Crippen MR) is 96.3 cm³/mol. The number of amides is 1. The molecular weight excluding hydrogens is 298 g/mol. The molecule has 1 aliphatic heterocycles. The number of fused-ring (bicyclic) bond motifs is 2. The van der Waals surface area contributed by atoms with Gasteiger partial charge in [-0.05, 0) is 37.1 Å². The first-order chi connectivity index (χ1) is 11.7. The molecule has 1 aromatic heterocycles. The van der Waals surface area contributed by atoms with Gasteiger partial charge in [0.1, 0.15) is 11.9 Å². The molecule has 2 aromatic carbocycles. The summed E-state index contributed by atoms with van der Waals surface area (Å²) in [7, 11) is 0. The van der Waals surface area contributed by atoms with Crippen LogP contribution in [0.25, 0.3) is 11.0 Å². The second-order valence-corrected chi connectivity index (χ2v) is 6.28. The fourth-order valence-electron chi connectivity index (χ4n) is 3.68. The van der Waals surface area contributed by atoms with Gasteiger partial charge in [-0.1, -0.05) is 37.3 Å². The average molecular weight is 319 g/mol. The van der Waals surface area contributed by atoms with E-state index >= 15 is 0 Å². The molecule has 3 aromatic rings. The normalized spacial score (nSPS) is 14.8. The number of rotatable bonds is 3. The minimum Gasteiger partial charge on any atom is -0.316 e. The molecule has 4 heteroatoms. The zero-order chi connectivity index (χ0) is 16.7. The number of hydrogen-bond acceptors (Lipinski definition) is 2. The van der Waals surface area contributed by atoms with E-state index in [1.807, 2.05) is 54.3 Å². The third kappa shape index (κ3) is 2.21. The third-order valence-electron chi connectivity index (χ3n) is 4.88. The van der Waals surface area contributed by atoms with Gasteiger partial charge < -0.3 is 9.47 Å². The summed E-state index contributed by atoms with van der Waals surface area (Å²) in [6, 6.07) is 16.0. The summed E-state index contributed by atoms with van der Waals surface area (Å²) < 4.78 is 2.10. The van der Waals surface area contributed by atoms with Crippen LogP contribution in [-0.2, 0) is 17.6 Å². The van der Waals surface area contributed by atoms with Crippen molar-refractivity contribution in [2.24, 2.45) is 0 Å². The Morgan fingerprint density at radius 3 is 2.75 bits per heavy atom. The van der Waals surface area contributed by atoms with Gasteiger partial charge in [-0.25, -0.2) is 4.98 Å². The fraction of sp³-hybridized carbons (Fsp3) is 0.300. The molecule has 1 aliphatic rings. The number of imidazole rings is 1. The van der Waals surface area contributed by atoms with E-state index in [1.165, 1.54) is 5.56 Å². The molecule has 122 valence electrons. The lowest BCUT2D eigenvalue weighted by Crippen LogP contribution is -2.35. The molecule has 0 saturated carbocycles. The van der Waals surface area contributed by atoms with Crippen molar-refractivity contribution >= 4 is 22.6 Å². The maximum Gasteiger partial charge on any atom is 0.249 e. The van der Waals surface area contributed by atoms with Gasteiger partial charge in [0.2, 0.25) is 5.91 Å². The van der Waals surface area contributed by atoms with Gasteiger partial charge >= 0.3 is 0 Å². The van der Waals surface area contributed by atoms with Crippen LogP contribution in [-0.4, -0.2) is 22.0 Å². The molecule has 0 spiro atoms. The molecule has 0 fully saturated rings. The van der Waals surface area contributed by atoms with E-state index in [-0.39, 0.29) is 11.9 Å². The van der Waals surface area contributed by atoms with Crippen LogP contribution in [0.3, 0.4) is 0 Å². The van der Waals surface area contributed by atoms with Crippen molar-refractivity contribution in [1.82, 2.24) is 9.55 Å². The summed E-state index contributed by atoms with van der Waals surface area (Å²) in [5.74, 6) is 1.10. The lowest BCUT2D eigenvalue weighted by molar-refractivity contribution is -0.121. The Balaban J connectivity index is 1.74. The Morgan fingerprint density at radius 1 is 1.17 bits per heavy atom. The molecule has 0 saturated heterocycles. The fourth-order valence-corrected chi connectivity index (χ4v) is 3.68. The number of aromatic nitrogens is 2. The molecule has 0 N–H and O–H groups in total. The summed E-state index contributed by atoms with van der Waals surface area (Å²) in [4.78, 5) is 19.8. The van der Waals surface area contributed by atoms with Crippen LogP contribution in [0.1, 0.15) is 31.3 Å². The van der Waals surface area contributed by atoms with E-state index in [2.05, 4.69) is 17.6 Å². The zero-order valence-corrected chi connectivity index (χ0v) is 14.1. The van der Waals surface area contributed by atoms with E-state index in [9.17, 15) is 4.79 Å². The summed E-state index contributed by atoms with van der Waals surface area (Å²) in [6.45, 7) is 4.83. The highest BCUT2D eigenvalue weighted by molar-refractivity contribution is 5.98. The van der Waals surface area contributed by atoms with E-state index in [0.29, 0.717) is 0 Å². The van der Waals surface area contributed by atoms with Crippen molar-refractivity contribution in [2.75, 3.05) is 11.4 Å². The van der Waals surface area contributed by atoms with Gasteiger partial charge in [0.05, 0.1) is 11.0 Å². The summed E-state index contributed by atoms with van der Waals surface area (Å²) in [5.41, 5.74) is 4.29. The number of carbonyl (C=O) groups excluding carboxylic acids is 1. The predicted octanol–water partition coefficient (Wildman–Crippen LogP) is 3.75. The third-order valence-corrected chi connectivity index (χ3v) is 4.88. The maximum absolute atomic E-state index is 13.2. The van der Waals surface area contributed by atoms with Crippen LogP contribution in [0, 0.1) is 0 Å². The molecule has 1 amide bonds. The number of nitrogens with zero attached hydrogens (tertiary/aromatic N) is 3. The molecule has 1 atom stereocenters. The quantitative estimate of drug-likeness (QED) is 0.737. The SMILES string of the molecule is CCc1nc2ccccc2n1[C@@H](C)C(=O)N1CCc2ccccc21. The van der Waals surface area contributed by atoms with E-state index in [0.717, 1.165) is 41.9 Å². The largest absolute Gasteiger partial charge is 0.316 e. The lowest BCUT2D eigenvalue weighted by Gasteiger charge is -2.24. The van der Waals surface area contributed by atoms with Crippen LogP contribution in [0.2, 0.25) is 0 Å². The molecule has 4 rings (SSSR count). The Kier molecular flexibility index (Phi) is 3.60. The summed E-state index contributed by atoms with van der Waals surface area (Å²) >= 11 is 0. The van der Waals surface area contributed by atoms with Crippen LogP contribution in [0.15, 0.2) is 48.5 Å². The Bertz CT molecular complexity index is 912. The van der Waals surface area contributed by atoms with Crippen molar-refractivity contribution < 1.29 is 4.79 Å². The van der Waals surface area contributed by atoms with Crippen molar-refractivity contribution in [3.8, 4) is 0 Å². The van der Waals surface area contributed by atoms with Gasteiger partial charge in [0, 0.05) is 18.7 Å². The number of anilines is 1. The first-order valence-corrected chi connectivity index (χ1v) is 8.56. The smallest absolute Gasteiger partial charge is 0.249 e. The summed E-state index contributed by atoms with van der Waals surface area (Å²) in [6.07, 6.45) is 1.74. The topological polar surface area (TPSA) is 38.1 Å². The van der Waals surface area contributed by atoms with Crippen molar-refractivity contribution in [3.05, 3.63) is 59.9 Å². The minimum atomic E-state index is -0.265. The second-order valence-electron chi connectivity index (χ2n) is 6.28. The van der Waals surface area contributed by atoms with Crippen LogP contribution >= 0.6 is 0 Å². The number of benzene rings is 2. The number of hydrogen-bond donors (Lipinski definition) is 0. The first kappa shape index (κ1) is 14.9. The summed E-state index contributed by atoms with van der Waals surface area (Å²) in [5, 5.41) is 0. The monoisotopic (exact) mass is 319 g/mol. The van der Waals surface area contributed by atoms with E-state index < -0.39 is 0 Å². The Morgan fingerprint density at radius 2 is 1.92 bits per heavy atom. The highest BCUT2D eigenvalue weighted by Crippen LogP contribution is 2.31. The molecule has 4 nitrogen and oxygen atoms in total. The van der Waals surface area contributed by atoms with Gasteiger partial charge in [0.15, 0.2) is 0 Å². The second kappa shape index (κ2) is 5.78. The molecule has 24 heavy (non-hydrogen) atoms. The molecule has 0 aliphatic carbocycles. The van der Waals surface area contributed by atoms with Crippen molar-refractivity contribution in [1.29, 1.82) is 0 Å². The number of para-hydroxylation sites is 3. The molecule has 2 heterocycles. The molecule has 0 bridgehead atoms. The lowest BCUT2D eigenvalue weighted by atomic mass is 10.2. The van der Waals surface area contributed by atoms with Crippen LogP contribution in [0.5, 0.6) is 0 Å². The van der Waals surface area contributed by atoms with Crippen molar-refractivity contribution in [2.45, 2.75) is 32.7 Å². The minimum absolute atomic E-state index is 0.137. The Hall–Kier alpha value is -2.62. The molecular formula is C20H21N3O. The standard InChI is InChI=1S/C20H21N3O/c1-3-19-21-16-9-5-7-11-18(16)23(19)14(2)20(24)22-13-12-15-8-4-6-10-17(15)22/h4-11,14H,3,12-13H2,1-2H3/t14-/m0/s1. The average Bonchev–Trinajstić information content (AvgIpc) is 3.21. The zero-order valence-electron chi connectivity index (χ0n) is 14.1. The number of carbonyl (C=O) groups is 1. The molecule has 0 radical (unpaired) electrons. The highest BCUT2D eigenvalue weighted by atomic mass is 16.2. The first-order valence-electron chi connectivity index (χ1n) is 8.56. The van der Waals surface area contributed by atoms with Crippen molar-refractivity contribution in [3.63, 3.8) is 0 Å². The van der Waals surface area contributed by atoms with Gasteiger partial charge in [0.25, 0.3) is 0 Å². The van der Waals surface area contributed by atoms with E-state index in [1.54, 1.807) is 0 Å². The van der Waals surface area contributed by atoms with Gasteiger partial charge in [-0.2, -0.15) is 0 Å².